The number of hydrogen-bond acceptors (Lipinski definition) is 1. The van der Waals surface area contributed by atoms with Crippen LogP contribution in [-0.2, 0) is 18.0 Å². The second-order valence-electron chi connectivity index (χ2n) is 4.88. The largest absolute Gasteiger partial charge is 0.372 e. The summed E-state index contributed by atoms with van der Waals surface area (Å²) < 4.78 is 6.51. The Morgan fingerprint density at radius 1 is 1.11 bits per heavy atom. The van der Waals surface area contributed by atoms with E-state index in [0.29, 0.717) is 6.61 Å². The van der Waals surface area contributed by atoms with E-state index in [9.17, 15) is 0 Å². The molecule has 1 unspecified atom stereocenters. The van der Waals surface area contributed by atoms with Gasteiger partial charge in [0, 0.05) is 4.47 Å². The van der Waals surface area contributed by atoms with Crippen LogP contribution in [0, 0.1) is 6.92 Å². The number of aryl methyl sites for hydroxylation is 1. The lowest BCUT2D eigenvalue weighted by molar-refractivity contribution is 0.134. The molecule has 0 aliphatic carbocycles. The maximum absolute atomic E-state index is 6.65. The van der Waals surface area contributed by atoms with Gasteiger partial charge in [-0.15, -0.1) is 11.6 Å². The van der Waals surface area contributed by atoms with Gasteiger partial charge < -0.3 is 4.74 Å². The molecule has 3 heteroatoms. The van der Waals surface area contributed by atoms with Crippen LogP contribution >= 0.6 is 27.5 Å². The average molecular weight is 338 g/mol. The smallest absolute Gasteiger partial charge is 0.0838 e. The molecule has 0 N–H and O–H groups in total. The Labute approximate surface area is 126 Å². The van der Waals surface area contributed by atoms with Crippen molar-refractivity contribution in [3.63, 3.8) is 0 Å². The lowest BCUT2D eigenvalue weighted by atomic mass is 9.97. The van der Waals surface area contributed by atoms with Gasteiger partial charge in [-0.3, -0.25) is 0 Å². The standard InChI is InChI=1S/C16H14BrClO/c1-10-2-5-14(17)7-15(10)16(18)11-3-4-12-8-19-9-13(12)6-11/h2-7,16H,8-9H2,1H3. The van der Waals surface area contributed by atoms with Gasteiger partial charge >= 0.3 is 0 Å². The van der Waals surface area contributed by atoms with Gasteiger partial charge in [0.2, 0.25) is 0 Å². The van der Waals surface area contributed by atoms with Gasteiger partial charge in [-0.25, -0.2) is 0 Å². The molecule has 2 aromatic rings. The minimum absolute atomic E-state index is 0.122. The highest BCUT2D eigenvalue weighted by Gasteiger charge is 2.17. The van der Waals surface area contributed by atoms with Gasteiger partial charge in [-0.1, -0.05) is 40.2 Å². The first-order valence-corrected chi connectivity index (χ1v) is 7.47. The van der Waals surface area contributed by atoms with Crippen molar-refractivity contribution in [3.8, 4) is 0 Å². The second-order valence-corrected chi connectivity index (χ2v) is 6.24. The minimum Gasteiger partial charge on any atom is -0.372 e. The van der Waals surface area contributed by atoms with Crippen molar-refractivity contribution in [2.24, 2.45) is 0 Å². The number of rotatable bonds is 2. The van der Waals surface area contributed by atoms with Crippen LogP contribution in [0.3, 0.4) is 0 Å². The van der Waals surface area contributed by atoms with Crippen molar-refractivity contribution in [1.29, 1.82) is 0 Å². The molecule has 2 aromatic carbocycles. The zero-order valence-electron chi connectivity index (χ0n) is 10.6. The molecule has 0 spiro atoms. The quantitative estimate of drug-likeness (QED) is 0.691. The topological polar surface area (TPSA) is 9.23 Å². The molecule has 0 amide bonds. The Morgan fingerprint density at radius 2 is 1.89 bits per heavy atom. The number of fused-ring (bicyclic) bond motifs is 1. The molecule has 0 radical (unpaired) electrons. The SMILES string of the molecule is Cc1ccc(Br)cc1C(Cl)c1ccc2c(c1)COC2. The van der Waals surface area contributed by atoms with E-state index in [0.717, 1.165) is 22.2 Å². The molecular weight excluding hydrogens is 324 g/mol. The molecule has 19 heavy (non-hydrogen) atoms. The van der Waals surface area contributed by atoms with Crippen LogP contribution < -0.4 is 0 Å². The highest BCUT2D eigenvalue weighted by molar-refractivity contribution is 9.10. The van der Waals surface area contributed by atoms with Crippen molar-refractivity contribution in [3.05, 3.63) is 68.7 Å². The van der Waals surface area contributed by atoms with E-state index >= 15 is 0 Å². The number of alkyl halides is 1. The van der Waals surface area contributed by atoms with Crippen LogP contribution in [0.5, 0.6) is 0 Å². The summed E-state index contributed by atoms with van der Waals surface area (Å²) in [7, 11) is 0. The van der Waals surface area contributed by atoms with E-state index in [1.807, 2.05) is 6.07 Å². The Balaban J connectivity index is 1.99. The Hall–Kier alpha value is -0.830. The summed E-state index contributed by atoms with van der Waals surface area (Å²) in [4.78, 5) is 0. The average Bonchev–Trinajstić information content (AvgIpc) is 2.88. The van der Waals surface area contributed by atoms with Gasteiger partial charge in [0.15, 0.2) is 0 Å². The predicted octanol–water partition coefficient (Wildman–Crippen LogP) is 5.12. The normalized spacial score (nSPS) is 15.3. The van der Waals surface area contributed by atoms with Crippen molar-refractivity contribution in [2.75, 3.05) is 0 Å². The maximum Gasteiger partial charge on any atom is 0.0838 e. The van der Waals surface area contributed by atoms with Crippen LogP contribution in [0.4, 0.5) is 0 Å². The molecule has 0 saturated carbocycles. The van der Waals surface area contributed by atoms with Crippen molar-refractivity contribution >= 4 is 27.5 Å². The second kappa shape index (κ2) is 5.28. The maximum atomic E-state index is 6.65. The summed E-state index contributed by atoms with van der Waals surface area (Å²) in [5.41, 5.74) is 6.02. The van der Waals surface area contributed by atoms with Gasteiger partial charge in [-0.2, -0.15) is 0 Å². The molecule has 1 heterocycles. The third-order valence-electron chi connectivity index (χ3n) is 3.55. The molecule has 98 valence electrons. The molecule has 0 fully saturated rings. The molecular formula is C16H14BrClO. The third-order valence-corrected chi connectivity index (χ3v) is 4.53. The number of hydrogen-bond donors (Lipinski definition) is 0. The highest BCUT2D eigenvalue weighted by Crippen LogP contribution is 2.34. The third kappa shape index (κ3) is 2.58. The molecule has 3 rings (SSSR count). The van der Waals surface area contributed by atoms with Gasteiger partial charge in [-0.05, 0) is 46.9 Å². The molecule has 1 aliphatic heterocycles. The van der Waals surface area contributed by atoms with Crippen molar-refractivity contribution in [1.82, 2.24) is 0 Å². The lowest BCUT2D eigenvalue weighted by Crippen LogP contribution is -1.98. The minimum atomic E-state index is -0.122. The Kier molecular flexibility index (Phi) is 3.66. The van der Waals surface area contributed by atoms with Crippen molar-refractivity contribution in [2.45, 2.75) is 25.5 Å². The van der Waals surface area contributed by atoms with Crippen LogP contribution in [0.15, 0.2) is 40.9 Å². The molecule has 0 bridgehead atoms. The van der Waals surface area contributed by atoms with Crippen LogP contribution in [0.2, 0.25) is 0 Å². The zero-order valence-corrected chi connectivity index (χ0v) is 13.0. The lowest BCUT2D eigenvalue weighted by Gasteiger charge is -2.14. The van der Waals surface area contributed by atoms with E-state index in [4.69, 9.17) is 16.3 Å². The van der Waals surface area contributed by atoms with E-state index in [-0.39, 0.29) is 5.38 Å². The summed E-state index contributed by atoms with van der Waals surface area (Å²) in [6.45, 7) is 3.51. The first kappa shape index (κ1) is 13.2. The number of benzene rings is 2. The van der Waals surface area contributed by atoms with Crippen LogP contribution in [0.25, 0.3) is 0 Å². The number of halogens is 2. The summed E-state index contributed by atoms with van der Waals surface area (Å²) in [6, 6.07) is 12.6. The van der Waals surface area contributed by atoms with E-state index < -0.39 is 0 Å². The first-order chi connectivity index (χ1) is 9.15. The van der Waals surface area contributed by atoms with Crippen LogP contribution in [0.1, 0.15) is 33.2 Å². The molecule has 1 atom stereocenters. The van der Waals surface area contributed by atoms with E-state index in [1.54, 1.807) is 0 Å². The van der Waals surface area contributed by atoms with E-state index in [2.05, 4.69) is 53.2 Å². The predicted molar refractivity (Wildman–Crippen MR) is 81.5 cm³/mol. The fourth-order valence-electron chi connectivity index (χ4n) is 2.41. The Morgan fingerprint density at radius 3 is 2.74 bits per heavy atom. The summed E-state index contributed by atoms with van der Waals surface area (Å²) in [5, 5.41) is -0.122. The highest BCUT2D eigenvalue weighted by atomic mass is 79.9. The monoisotopic (exact) mass is 336 g/mol. The van der Waals surface area contributed by atoms with Crippen LogP contribution in [-0.4, -0.2) is 0 Å². The molecule has 1 nitrogen and oxygen atoms in total. The fourth-order valence-corrected chi connectivity index (χ4v) is 3.16. The molecule has 1 aliphatic rings. The van der Waals surface area contributed by atoms with E-state index in [1.165, 1.54) is 16.7 Å². The zero-order chi connectivity index (χ0) is 13.4. The number of ether oxygens (including phenoxy) is 1. The molecule has 0 saturated heterocycles. The first-order valence-electron chi connectivity index (χ1n) is 6.25. The van der Waals surface area contributed by atoms with Gasteiger partial charge in [0.1, 0.15) is 0 Å². The van der Waals surface area contributed by atoms with Gasteiger partial charge in [0.25, 0.3) is 0 Å². The van der Waals surface area contributed by atoms with Crippen molar-refractivity contribution < 1.29 is 4.74 Å². The van der Waals surface area contributed by atoms with Gasteiger partial charge in [0.05, 0.1) is 18.6 Å². The summed E-state index contributed by atoms with van der Waals surface area (Å²) >= 11 is 10.2. The molecule has 0 aromatic heterocycles. The summed E-state index contributed by atoms with van der Waals surface area (Å²) in [6.07, 6.45) is 0. The Bertz CT molecular complexity index is 624. The fraction of sp³-hybridized carbons (Fsp3) is 0.250. The summed E-state index contributed by atoms with van der Waals surface area (Å²) in [5.74, 6) is 0.